The molecular formula is C26H31N5O3. The van der Waals surface area contributed by atoms with Gasteiger partial charge in [0.15, 0.2) is 5.65 Å². The highest BCUT2D eigenvalue weighted by Gasteiger charge is 2.27. The summed E-state index contributed by atoms with van der Waals surface area (Å²) in [6, 6.07) is 10.6. The Morgan fingerprint density at radius 1 is 1.15 bits per heavy atom. The van der Waals surface area contributed by atoms with E-state index >= 15 is 0 Å². The Bertz CT molecular complexity index is 1360. The van der Waals surface area contributed by atoms with E-state index in [2.05, 4.69) is 16.0 Å². The van der Waals surface area contributed by atoms with E-state index in [1.807, 2.05) is 53.7 Å². The predicted molar refractivity (Wildman–Crippen MR) is 132 cm³/mol. The smallest absolute Gasteiger partial charge is 0.330 e. The number of nitrogens with one attached hydrogen (secondary N) is 1. The molecule has 3 rings (SSSR count). The maximum atomic E-state index is 13.9. The summed E-state index contributed by atoms with van der Waals surface area (Å²) < 4.78 is 1.45. The molecule has 0 fully saturated rings. The molecule has 0 bridgehead atoms. The SMILES string of the molecule is CCN(C(=O)c1cc(C(C)C)nc2c1c(=O)[nH]c(=O)n2CC(C)C)C(C)c1ccc(C#N)cc1. The normalized spacial score (nSPS) is 12.2. The first kappa shape index (κ1) is 24.9. The van der Waals surface area contributed by atoms with Gasteiger partial charge in [0, 0.05) is 18.8 Å². The van der Waals surface area contributed by atoms with Crippen molar-refractivity contribution in [1.29, 1.82) is 5.26 Å². The van der Waals surface area contributed by atoms with E-state index in [0.717, 1.165) is 5.56 Å². The van der Waals surface area contributed by atoms with Gasteiger partial charge in [0.2, 0.25) is 0 Å². The number of aromatic amines is 1. The lowest BCUT2D eigenvalue weighted by atomic mass is 10.0. The predicted octanol–water partition coefficient (Wildman–Crippen LogP) is 3.96. The molecule has 2 heterocycles. The van der Waals surface area contributed by atoms with Gasteiger partial charge >= 0.3 is 5.69 Å². The van der Waals surface area contributed by atoms with E-state index in [1.54, 1.807) is 23.1 Å². The number of aromatic nitrogens is 3. The summed E-state index contributed by atoms with van der Waals surface area (Å²) in [7, 11) is 0. The third kappa shape index (κ3) is 4.79. The zero-order valence-electron chi connectivity index (χ0n) is 20.5. The summed E-state index contributed by atoms with van der Waals surface area (Å²) in [5.74, 6) is -0.184. The zero-order valence-corrected chi connectivity index (χ0v) is 20.5. The van der Waals surface area contributed by atoms with E-state index in [4.69, 9.17) is 5.26 Å². The highest BCUT2D eigenvalue weighted by atomic mass is 16.2. The van der Waals surface area contributed by atoms with E-state index in [-0.39, 0.29) is 40.4 Å². The van der Waals surface area contributed by atoms with Gasteiger partial charge in [-0.2, -0.15) is 5.26 Å². The van der Waals surface area contributed by atoms with E-state index in [1.165, 1.54) is 4.57 Å². The molecule has 0 aliphatic heterocycles. The molecule has 0 aliphatic carbocycles. The van der Waals surface area contributed by atoms with Crippen LogP contribution >= 0.6 is 0 Å². The molecule has 1 amide bonds. The van der Waals surface area contributed by atoms with Gasteiger partial charge in [-0.3, -0.25) is 19.1 Å². The molecule has 0 radical (unpaired) electrons. The highest BCUT2D eigenvalue weighted by molar-refractivity contribution is 6.05. The molecule has 178 valence electrons. The fourth-order valence-corrected chi connectivity index (χ4v) is 4.06. The summed E-state index contributed by atoms with van der Waals surface area (Å²) in [6.45, 7) is 12.4. The van der Waals surface area contributed by atoms with Crippen molar-refractivity contribution in [3.63, 3.8) is 0 Å². The van der Waals surface area contributed by atoms with E-state index < -0.39 is 11.2 Å². The molecule has 34 heavy (non-hydrogen) atoms. The van der Waals surface area contributed by atoms with Crippen LogP contribution in [0.5, 0.6) is 0 Å². The zero-order chi connectivity index (χ0) is 25.2. The van der Waals surface area contributed by atoms with Crippen LogP contribution in [0.15, 0.2) is 39.9 Å². The number of carbonyl (C=O) groups is 1. The lowest BCUT2D eigenvalue weighted by Gasteiger charge is -2.29. The first-order valence-electron chi connectivity index (χ1n) is 11.6. The molecule has 0 saturated heterocycles. The first-order valence-corrected chi connectivity index (χ1v) is 11.6. The molecule has 1 aromatic carbocycles. The minimum absolute atomic E-state index is 0.0103. The molecule has 1 unspecified atom stereocenters. The van der Waals surface area contributed by atoms with E-state index in [9.17, 15) is 14.4 Å². The summed E-state index contributed by atoms with van der Waals surface area (Å²) in [6.07, 6.45) is 0. The van der Waals surface area contributed by atoms with Crippen LogP contribution in [0.2, 0.25) is 0 Å². The Morgan fingerprint density at radius 2 is 1.79 bits per heavy atom. The van der Waals surface area contributed by atoms with Crippen molar-refractivity contribution >= 4 is 16.9 Å². The lowest BCUT2D eigenvalue weighted by Crippen LogP contribution is -2.37. The van der Waals surface area contributed by atoms with Crippen LogP contribution in [-0.2, 0) is 6.54 Å². The minimum Gasteiger partial charge on any atom is -0.332 e. The van der Waals surface area contributed by atoms with Gasteiger partial charge < -0.3 is 4.90 Å². The van der Waals surface area contributed by atoms with Gasteiger partial charge in [0.1, 0.15) is 0 Å². The van der Waals surface area contributed by atoms with Crippen molar-refractivity contribution in [2.45, 2.75) is 60.0 Å². The third-order valence-corrected chi connectivity index (χ3v) is 5.93. The van der Waals surface area contributed by atoms with Gasteiger partial charge in [0.25, 0.3) is 11.5 Å². The minimum atomic E-state index is -0.617. The number of fused-ring (bicyclic) bond motifs is 1. The van der Waals surface area contributed by atoms with Crippen LogP contribution in [0.1, 0.15) is 80.7 Å². The molecular weight excluding hydrogens is 430 g/mol. The molecule has 1 N–H and O–H groups in total. The molecule has 1 atom stereocenters. The second-order valence-electron chi connectivity index (χ2n) is 9.21. The molecule has 8 nitrogen and oxygen atoms in total. The standard InChI is InChI=1S/C26H31N5O3/c1-7-30(17(6)19-10-8-18(13-27)9-11-19)25(33)20-12-21(16(4)5)28-23-22(20)24(32)29-26(34)31(23)14-15(2)3/h8-12,15-17H,7,14H2,1-6H3,(H,29,32,34). The van der Waals surface area contributed by atoms with Crippen LogP contribution in [-0.4, -0.2) is 31.9 Å². The number of benzene rings is 1. The number of hydrogen-bond acceptors (Lipinski definition) is 5. The number of rotatable bonds is 7. The van der Waals surface area contributed by atoms with Crippen LogP contribution in [0.4, 0.5) is 0 Å². The molecule has 3 aromatic rings. The number of nitrogens with zero attached hydrogens (tertiary/aromatic N) is 4. The summed E-state index contributed by atoms with van der Waals surface area (Å²) in [4.78, 5) is 48.2. The number of pyridine rings is 1. The van der Waals surface area contributed by atoms with Crippen molar-refractivity contribution in [3.05, 3.63) is 73.6 Å². The first-order chi connectivity index (χ1) is 16.1. The highest BCUT2D eigenvalue weighted by Crippen LogP contribution is 2.26. The maximum absolute atomic E-state index is 13.9. The van der Waals surface area contributed by atoms with Crippen molar-refractivity contribution in [1.82, 2.24) is 19.4 Å². The number of nitriles is 1. The summed E-state index contributed by atoms with van der Waals surface area (Å²) >= 11 is 0. The number of amides is 1. The Kier molecular flexibility index (Phi) is 7.35. The Morgan fingerprint density at radius 3 is 2.32 bits per heavy atom. The second-order valence-corrected chi connectivity index (χ2v) is 9.21. The maximum Gasteiger partial charge on any atom is 0.330 e. The van der Waals surface area contributed by atoms with Crippen molar-refractivity contribution < 1.29 is 4.79 Å². The molecule has 2 aromatic heterocycles. The fourth-order valence-electron chi connectivity index (χ4n) is 4.06. The van der Waals surface area contributed by atoms with Crippen LogP contribution in [0, 0.1) is 17.2 Å². The number of carbonyl (C=O) groups excluding carboxylic acids is 1. The van der Waals surface area contributed by atoms with Crippen molar-refractivity contribution in [3.8, 4) is 6.07 Å². The Balaban J connectivity index is 2.23. The average Bonchev–Trinajstić information content (AvgIpc) is 2.80. The Labute approximate surface area is 198 Å². The molecule has 0 spiro atoms. The second kappa shape index (κ2) is 10.0. The topological polar surface area (TPSA) is 112 Å². The average molecular weight is 462 g/mol. The monoisotopic (exact) mass is 461 g/mol. The molecule has 8 heteroatoms. The van der Waals surface area contributed by atoms with Crippen LogP contribution in [0.25, 0.3) is 11.0 Å². The van der Waals surface area contributed by atoms with E-state index in [0.29, 0.717) is 24.3 Å². The summed E-state index contributed by atoms with van der Waals surface area (Å²) in [5.41, 5.74) is 1.38. The van der Waals surface area contributed by atoms with Crippen LogP contribution in [0.3, 0.4) is 0 Å². The number of hydrogen-bond donors (Lipinski definition) is 1. The van der Waals surface area contributed by atoms with Crippen LogP contribution < -0.4 is 11.2 Å². The molecule has 0 saturated carbocycles. The quantitative estimate of drug-likeness (QED) is 0.572. The fraction of sp³-hybridized carbons (Fsp3) is 0.423. The summed E-state index contributed by atoms with van der Waals surface area (Å²) in [5, 5.41) is 9.20. The lowest BCUT2D eigenvalue weighted by molar-refractivity contribution is 0.0704. The number of H-pyrrole nitrogens is 1. The van der Waals surface area contributed by atoms with Crippen molar-refractivity contribution in [2.24, 2.45) is 5.92 Å². The van der Waals surface area contributed by atoms with Gasteiger partial charge in [-0.25, -0.2) is 9.78 Å². The Hall–Kier alpha value is -3.73. The van der Waals surface area contributed by atoms with Gasteiger partial charge in [-0.15, -0.1) is 0 Å². The molecule has 0 aliphatic rings. The van der Waals surface area contributed by atoms with Crippen molar-refractivity contribution in [2.75, 3.05) is 6.54 Å². The third-order valence-electron chi connectivity index (χ3n) is 5.93. The largest absolute Gasteiger partial charge is 0.332 e. The van der Waals surface area contributed by atoms with Gasteiger partial charge in [-0.05, 0) is 49.4 Å². The van der Waals surface area contributed by atoms with Gasteiger partial charge in [0.05, 0.1) is 28.6 Å². The van der Waals surface area contributed by atoms with Gasteiger partial charge in [-0.1, -0.05) is 39.8 Å².